The van der Waals surface area contributed by atoms with Crippen molar-refractivity contribution in [2.75, 3.05) is 18.5 Å². The summed E-state index contributed by atoms with van der Waals surface area (Å²) < 4.78 is 9.75. The predicted octanol–water partition coefficient (Wildman–Crippen LogP) is 0.883. The standard InChI is InChI=1S/C9H15BrO4.C3H5NO/c1-7(5-13-4-3-10)9(12)14-6-8(2)11;1-2-3(4)5/h5,8,11H,3-4,6H2,1-2H3;2H,1H2,(H2,4,5). The largest absolute Gasteiger partial charge is 0.500 e. The second kappa shape index (κ2) is 13.1. The van der Waals surface area contributed by atoms with E-state index in [0.29, 0.717) is 17.5 Å². The maximum absolute atomic E-state index is 11.1. The molecule has 0 radical (unpaired) electrons. The number of halogens is 1. The third-order valence-corrected chi connectivity index (χ3v) is 1.76. The van der Waals surface area contributed by atoms with E-state index in [0.717, 1.165) is 6.08 Å². The molecule has 0 aliphatic heterocycles. The maximum Gasteiger partial charge on any atom is 0.336 e. The molecule has 7 heteroatoms. The molecule has 0 aliphatic rings. The second-order valence-corrected chi connectivity index (χ2v) is 4.21. The zero-order chi connectivity index (χ0) is 15.3. The second-order valence-electron chi connectivity index (χ2n) is 3.41. The first-order valence-corrected chi connectivity index (χ1v) is 6.58. The number of nitrogens with two attached hydrogens (primary N) is 1. The van der Waals surface area contributed by atoms with Gasteiger partial charge < -0.3 is 20.3 Å². The van der Waals surface area contributed by atoms with Crippen molar-refractivity contribution in [1.82, 2.24) is 0 Å². The molecule has 0 aromatic heterocycles. The van der Waals surface area contributed by atoms with Crippen LogP contribution in [0.5, 0.6) is 0 Å². The van der Waals surface area contributed by atoms with Crippen LogP contribution in [0.4, 0.5) is 0 Å². The van der Waals surface area contributed by atoms with E-state index in [4.69, 9.17) is 14.6 Å². The molecule has 3 N–H and O–H groups in total. The fourth-order valence-corrected chi connectivity index (χ4v) is 0.774. The molecule has 0 heterocycles. The van der Waals surface area contributed by atoms with Crippen LogP contribution in [0.25, 0.3) is 0 Å². The smallest absolute Gasteiger partial charge is 0.336 e. The highest BCUT2D eigenvalue weighted by Gasteiger charge is 2.07. The number of hydrogen-bond acceptors (Lipinski definition) is 5. The average Bonchev–Trinajstić information content (AvgIpc) is 2.36. The average molecular weight is 338 g/mol. The maximum atomic E-state index is 11.1. The van der Waals surface area contributed by atoms with E-state index in [1.54, 1.807) is 13.8 Å². The number of carbonyl (C=O) groups excluding carboxylic acids is 2. The summed E-state index contributed by atoms with van der Waals surface area (Å²) in [7, 11) is 0. The summed E-state index contributed by atoms with van der Waals surface area (Å²) in [5.41, 5.74) is 4.92. The van der Waals surface area contributed by atoms with Gasteiger partial charge in [-0.1, -0.05) is 22.5 Å². The van der Waals surface area contributed by atoms with Crippen LogP contribution >= 0.6 is 15.9 Å². The van der Waals surface area contributed by atoms with E-state index in [-0.39, 0.29) is 6.61 Å². The Bertz CT molecular complexity index is 315. The van der Waals surface area contributed by atoms with E-state index in [1.807, 2.05) is 0 Å². The number of aliphatic hydroxyl groups excluding tert-OH is 1. The number of esters is 1. The summed E-state index contributed by atoms with van der Waals surface area (Å²) >= 11 is 3.18. The third-order valence-electron chi connectivity index (χ3n) is 1.43. The summed E-state index contributed by atoms with van der Waals surface area (Å²) in [5, 5.41) is 9.57. The van der Waals surface area contributed by atoms with Crippen LogP contribution < -0.4 is 5.73 Å². The molecule has 0 fully saturated rings. The molecule has 1 unspecified atom stereocenters. The van der Waals surface area contributed by atoms with Crippen molar-refractivity contribution in [2.45, 2.75) is 20.0 Å². The van der Waals surface area contributed by atoms with Crippen molar-refractivity contribution in [3.8, 4) is 0 Å². The lowest BCUT2D eigenvalue weighted by atomic mass is 10.3. The Morgan fingerprint density at radius 2 is 2.05 bits per heavy atom. The number of primary amides is 1. The molecule has 0 saturated carbocycles. The number of ether oxygens (including phenoxy) is 2. The zero-order valence-electron chi connectivity index (χ0n) is 11.1. The van der Waals surface area contributed by atoms with Crippen LogP contribution in [0, 0.1) is 0 Å². The SMILES string of the molecule is C=CC(N)=O.CC(=COCCBr)C(=O)OCC(C)O. The van der Waals surface area contributed by atoms with E-state index >= 15 is 0 Å². The third kappa shape index (κ3) is 16.7. The van der Waals surface area contributed by atoms with Crippen LogP contribution in [0.15, 0.2) is 24.5 Å². The van der Waals surface area contributed by atoms with Crippen molar-refractivity contribution in [3.05, 3.63) is 24.5 Å². The summed E-state index contributed by atoms with van der Waals surface area (Å²) in [6.07, 6.45) is 1.77. The number of alkyl halides is 1. The number of rotatable bonds is 7. The van der Waals surface area contributed by atoms with Crippen molar-refractivity contribution >= 4 is 27.8 Å². The molecular formula is C12H20BrNO5. The Labute approximate surface area is 121 Å². The summed E-state index contributed by atoms with van der Waals surface area (Å²) in [6, 6.07) is 0. The Hall–Kier alpha value is -1.34. The van der Waals surface area contributed by atoms with Gasteiger partial charge in [-0.05, 0) is 19.9 Å². The minimum Gasteiger partial charge on any atom is -0.500 e. The van der Waals surface area contributed by atoms with Crippen molar-refractivity contribution < 1.29 is 24.2 Å². The number of hydrogen-bond donors (Lipinski definition) is 2. The lowest BCUT2D eigenvalue weighted by molar-refractivity contribution is -0.141. The normalized spacial score (nSPS) is 11.7. The lowest BCUT2D eigenvalue weighted by Crippen LogP contribution is -2.15. The Morgan fingerprint density at radius 1 is 1.53 bits per heavy atom. The van der Waals surface area contributed by atoms with Gasteiger partial charge in [0, 0.05) is 5.33 Å². The molecule has 0 bridgehead atoms. The monoisotopic (exact) mass is 337 g/mol. The molecule has 19 heavy (non-hydrogen) atoms. The zero-order valence-corrected chi connectivity index (χ0v) is 12.7. The first-order chi connectivity index (χ1) is 8.84. The quantitative estimate of drug-likeness (QED) is 0.236. The molecule has 0 aromatic rings. The number of aliphatic hydroxyl groups is 1. The first-order valence-electron chi connectivity index (χ1n) is 5.46. The van der Waals surface area contributed by atoms with E-state index < -0.39 is 18.0 Å². The summed E-state index contributed by atoms with van der Waals surface area (Å²) in [5.74, 6) is -0.953. The van der Waals surface area contributed by atoms with Gasteiger partial charge in [-0.2, -0.15) is 0 Å². The van der Waals surface area contributed by atoms with Crippen molar-refractivity contribution in [3.63, 3.8) is 0 Å². The molecule has 0 spiro atoms. The van der Waals surface area contributed by atoms with Gasteiger partial charge in [-0.3, -0.25) is 4.79 Å². The molecule has 6 nitrogen and oxygen atoms in total. The van der Waals surface area contributed by atoms with Gasteiger partial charge in [0.1, 0.15) is 6.61 Å². The van der Waals surface area contributed by atoms with Crippen molar-refractivity contribution in [2.24, 2.45) is 5.73 Å². The van der Waals surface area contributed by atoms with Gasteiger partial charge in [-0.25, -0.2) is 4.79 Å². The van der Waals surface area contributed by atoms with Crippen LogP contribution in [0.2, 0.25) is 0 Å². The molecule has 110 valence electrons. The molecule has 0 rings (SSSR count). The molecule has 1 amide bonds. The van der Waals surface area contributed by atoms with E-state index in [9.17, 15) is 9.59 Å². The highest BCUT2D eigenvalue weighted by Crippen LogP contribution is 1.98. The van der Waals surface area contributed by atoms with Crippen LogP contribution in [-0.2, 0) is 19.1 Å². The van der Waals surface area contributed by atoms with Gasteiger partial charge >= 0.3 is 5.97 Å². The minimum absolute atomic E-state index is 0.00244. The van der Waals surface area contributed by atoms with Gasteiger partial charge in [0.05, 0.1) is 24.5 Å². The minimum atomic E-state index is -0.643. The van der Waals surface area contributed by atoms with Crippen molar-refractivity contribution in [1.29, 1.82) is 0 Å². The Kier molecular flexibility index (Phi) is 13.8. The topological polar surface area (TPSA) is 98.9 Å². The van der Waals surface area contributed by atoms with Crippen LogP contribution in [-0.4, -0.2) is 41.6 Å². The summed E-state index contributed by atoms with van der Waals surface area (Å²) in [4.78, 5) is 20.6. The molecule has 0 aliphatic carbocycles. The Morgan fingerprint density at radius 3 is 2.42 bits per heavy atom. The molecule has 1 atom stereocenters. The van der Waals surface area contributed by atoms with Crippen LogP contribution in [0.1, 0.15) is 13.8 Å². The fourth-order valence-electron chi connectivity index (χ4n) is 0.587. The number of amides is 1. The van der Waals surface area contributed by atoms with Crippen LogP contribution in [0.3, 0.4) is 0 Å². The fraction of sp³-hybridized carbons (Fsp3) is 0.500. The van der Waals surface area contributed by atoms with Gasteiger partial charge in [0.2, 0.25) is 5.91 Å². The van der Waals surface area contributed by atoms with Gasteiger partial charge in [-0.15, -0.1) is 0 Å². The summed E-state index contributed by atoms with van der Waals surface area (Å²) in [6.45, 7) is 6.73. The lowest BCUT2D eigenvalue weighted by Gasteiger charge is -2.06. The van der Waals surface area contributed by atoms with Gasteiger partial charge in [0.25, 0.3) is 0 Å². The highest BCUT2D eigenvalue weighted by atomic mass is 79.9. The molecular weight excluding hydrogens is 318 g/mol. The number of carbonyl (C=O) groups is 2. The van der Waals surface area contributed by atoms with E-state index in [2.05, 4.69) is 28.2 Å². The van der Waals surface area contributed by atoms with E-state index in [1.165, 1.54) is 6.26 Å². The predicted molar refractivity (Wildman–Crippen MR) is 75.5 cm³/mol. The molecule has 0 saturated heterocycles. The highest BCUT2D eigenvalue weighted by molar-refractivity contribution is 9.09. The Balaban J connectivity index is 0. The van der Waals surface area contributed by atoms with Gasteiger partial charge in [0.15, 0.2) is 0 Å². The first kappa shape index (κ1) is 20.0. The molecule has 0 aromatic carbocycles.